The summed E-state index contributed by atoms with van der Waals surface area (Å²) in [6, 6.07) is 1.80. The molecule has 0 aromatic carbocycles. The van der Waals surface area contributed by atoms with Gasteiger partial charge in [0.1, 0.15) is 11.5 Å². The molecule has 2 atom stereocenters. The van der Waals surface area contributed by atoms with Gasteiger partial charge in [-0.25, -0.2) is 0 Å². The number of ether oxygens (including phenoxy) is 1. The fourth-order valence-electron chi connectivity index (χ4n) is 3.64. The van der Waals surface area contributed by atoms with Crippen molar-refractivity contribution in [3.05, 3.63) is 52.5 Å². The summed E-state index contributed by atoms with van der Waals surface area (Å²) >= 11 is 5.95. The van der Waals surface area contributed by atoms with Crippen LogP contribution in [-0.2, 0) is 16.1 Å². The predicted octanol–water partition coefficient (Wildman–Crippen LogP) is 5.14. The van der Waals surface area contributed by atoms with Crippen LogP contribution in [0.3, 0.4) is 0 Å². The van der Waals surface area contributed by atoms with Gasteiger partial charge in [-0.3, -0.25) is 9.69 Å². The van der Waals surface area contributed by atoms with Gasteiger partial charge in [-0.1, -0.05) is 50.7 Å². The molecule has 1 amide bonds. The zero-order valence-corrected chi connectivity index (χ0v) is 18.9. The zero-order valence-electron chi connectivity index (χ0n) is 18.1. The number of allylic oxidation sites excluding steroid dienone is 3. The van der Waals surface area contributed by atoms with Crippen LogP contribution in [0.25, 0.3) is 5.57 Å². The van der Waals surface area contributed by atoms with E-state index in [1.807, 2.05) is 6.92 Å². The molecule has 0 aliphatic carbocycles. The van der Waals surface area contributed by atoms with Crippen LogP contribution in [0.5, 0.6) is 0 Å². The van der Waals surface area contributed by atoms with Crippen molar-refractivity contribution in [1.82, 2.24) is 10.1 Å². The molecule has 1 saturated heterocycles. The lowest BCUT2D eigenvalue weighted by Gasteiger charge is -2.41. The molecule has 30 heavy (non-hydrogen) atoms. The van der Waals surface area contributed by atoms with Gasteiger partial charge in [0, 0.05) is 34.9 Å². The first-order chi connectivity index (χ1) is 14.0. The summed E-state index contributed by atoms with van der Waals surface area (Å²) in [6.07, 6.45) is 2.29. The quantitative estimate of drug-likeness (QED) is 0.319. The Morgan fingerprint density at radius 3 is 2.70 bits per heavy atom. The molecule has 8 heteroatoms. The first-order valence-corrected chi connectivity index (χ1v) is 10.4. The van der Waals surface area contributed by atoms with Crippen molar-refractivity contribution in [2.75, 3.05) is 19.7 Å². The molecule has 1 aliphatic heterocycles. The molecule has 1 aromatic heterocycles. The van der Waals surface area contributed by atoms with Gasteiger partial charge in [0.2, 0.25) is 0 Å². The monoisotopic (exact) mass is 435 g/mol. The lowest BCUT2D eigenvalue weighted by molar-refractivity contribution is -0.125. The molecule has 164 valence electrons. The molecule has 0 saturated carbocycles. The predicted molar refractivity (Wildman–Crippen MR) is 117 cm³/mol. The second-order valence-corrected chi connectivity index (χ2v) is 9.14. The molecule has 1 fully saturated rings. The standard InChI is InChI=1S/C22H30ClN3O4/c1-7-29-15(3)19(8-14(2)23)20-10-18(30-25-20)13-26-11-16(21(27)24-28)9-17(12-26)22(4,5)6/h8,10,16-17H,2-3,7,9,11-13H2,1,4-6H3/b19-8+. The fourth-order valence-corrected chi connectivity index (χ4v) is 3.75. The summed E-state index contributed by atoms with van der Waals surface area (Å²) in [6.45, 7) is 18.0. The number of carbonyl (C=O) groups is 1. The smallest absolute Gasteiger partial charge is 0.290 e. The molecular weight excluding hydrogens is 406 g/mol. The van der Waals surface area contributed by atoms with Crippen LogP contribution in [-0.4, -0.2) is 35.7 Å². The summed E-state index contributed by atoms with van der Waals surface area (Å²) < 4.78 is 11.0. The third-order valence-corrected chi connectivity index (χ3v) is 5.43. The van der Waals surface area contributed by atoms with Crippen molar-refractivity contribution in [2.45, 2.75) is 40.7 Å². The van der Waals surface area contributed by atoms with Crippen molar-refractivity contribution in [3.63, 3.8) is 0 Å². The zero-order chi connectivity index (χ0) is 22.5. The van der Waals surface area contributed by atoms with E-state index in [0.717, 1.165) is 6.54 Å². The van der Waals surface area contributed by atoms with E-state index in [-0.39, 0.29) is 11.3 Å². The number of rotatable bonds is 8. The van der Waals surface area contributed by atoms with Crippen LogP contribution in [0.2, 0.25) is 0 Å². The number of nitrogens with zero attached hydrogens (tertiary/aromatic N) is 3. The first kappa shape index (κ1) is 24.0. The van der Waals surface area contributed by atoms with E-state index >= 15 is 0 Å². The number of amides is 1. The molecular formula is C22H30ClN3O4. The highest BCUT2D eigenvalue weighted by Crippen LogP contribution is 2.36. The topological polar surface area (TPSA) is 85.0 Å². The van der Waals surface area contributed by atoms with Gasteiger partial charge in [-0.05, 0) is 30.8 Å². The molecule has 2 unspecified atom stereocenters. The molecule has 1 aliphatic rings. The van der Waals surface area contributed by atoms with E-state index in [0.29, 0.717) is 53.9 Å². The van der Waals surface area contributed by atoms with Crippen molar-refractivity contribution in [3.8, 4) is 0 Å². The third kappa shape index (κ3) is 6.37. The number of nitroso groups, excluding NO2 is 1. The van der Waals surface area contributed by atoms with Gasteiger partial charge in [0.05, 0.1) is 19.1 Å². The molecule has 0 N–H and O–H groups in total. The van der Waals surface area contributed by atoms with Gasteiger partial charge in [0.15, 0.2) is 5.76 Å². The molecule has 2 heterocycles. The first-order valence-electron chi connectivity index (χ1n) is 9.98. The van der Waals surface area contributed by atoms with Crippen molar-refractivity contribution < 1.29 is 14.1 Å². The minimum atomic E-state index is -0.592. The molecule has 0 bridgehead atoms. The Morgan fingerprint density at radius 1 is 1.43 bits per heavy atom. The van der Waals surface area contributed by atoms with Crippen LogP contribution >= 0.6 is 11.6 Å². The van der Waals surface area contributed by atoms with Crippen molar-refractivity contribution >= 4 is 23.1 Å². The number of carbonyl (C=O) groups excluding carboxylic acids is 1. The lowest BCUT2D eigenvalue weighted by atomic mass is 9.73. The summed E-state index contributed by atoms with van der Waals surface area (Å²) in [4.78, 5) is 24.9. The van der Waals surface area contributed by atoms with Gasteiger partial charge >= 0.3 is 0 Å². The van der Waals surface area contributed by atoms with E-state index in [1.165, 1.54) is 0 Å². The number of halogens is 1. The van der Waals surface area contributed by atoms with E-state index in [4.69, 9.17) is 20.9 Å². The van der Waals surface area contributed by atoms with Crippen LogP contribution in [0.4, 0.5) is 0 Å². The maximum absolute atomic E-state index is 12.0. The van der Waals surface area contributed by atoms with Gasteiger partial charge in [0.25, 0.3) is 5.91 Å². The number of piperidine rings is 1. The second kappa shape index (κ2) is 10.2. The fraction of sp³-hybridized carbons (Fsp3) is 0.545. The Kier molecular flexibility index (Phi) is 8.15. The minimum Gasteiger partial charge on any atom is -0.494 e. The number of hydrogen-bond acceptors (Lipinski definition) is 6. The van der Waals surface area contributed by atoms with E-state index in [1.54, 1.807) is 12.1 Å². The van der Waals surface area contributed by atoms with Crippen LogP contribution in [0.15, 0.2) is 45.8 Å². The maximum Gasteiger partial charge on any atom is 0.290 e. The highest BCUT2D eigenvalue weighted by molar-refractivity contribution is 6.31. The van der Waals surface area contributed by atoms with Crippen LogP contribution < -0.4 is 0 Å². The second-order valence-electron chi connectivity index (χ2n) is 8.66. The SMILES string of the molecule is C=C(Cl)/C=C(\C(=C)OCC)c1cc(CN2CC(C(=O)N=O)CC(C(C)(C)C)C2)on1. The molecule has 1 aromatic rings. The highest BCUT2D eigenvalue weighted by Gasteiger charge is 2.37. The minimum absolute atomic E-state index is 0.00148. The summed E-state index contributed by atoms with van der Waals surface area (Å²) in [5, 5.41) is 7.11. The normalized spacial score (nSPS) is 20.6. The molecule has 0 radical (unpaired) electrons. The maximum atomic E-state index is 12.0. The Balaban J connectivity index is 2.22. The Morgan fingerprint density at radius 2 is 2.13 bits per heavy atom. The number of hydrogen-bond donors (Lipinski definition) is 0. The number of aromatic nitrogens is 1. The van der Waals surface area contributed by atoms with Crippen LogP contribution in [0.1, 0.15) is 45.6 Å². The largest absolute Gasteiger partial charge is 0.494 e. The average molecular weight is 436 g/mol. The Bertz CT molecular complexity index is 838. The van der Waals surface area contributed by atoms with Gasteiger partial charge in [-0.2, -0.15) is 0 Å². The summed E-state index contributed by atoms with van der Waals surface area (Å²) in [5.41, 5.74) is 1.13. The number of likely N-dealkylation sites (tertiary alicyclic amines) is 1. The van der Waals surface area contributed by atoms with E-state index in [9.17, 15) is 9.70 Å². The highest BCUT2D eigenvalue weighted by atomic mass is 35.5. The molecule has 2 rings (SSSR count). The Labute approximate surface area is 182 Å². The summed E-state index contributed by atoms with van der Waals surface area (Å²) in [7, 11) is 0. The summed E-state index contributed by atoms with van der Waals surface area (Å²) in [5.74, 6) is 0.298. The van der Waals surface area contributed by atoms with Crippen LogP contribution in [0, 0.1) is 22.2 Å². The third-order valence-electron chi connectivity index (χ3n) is 5.32. The van der Waals surface area contributed by atoms with Crippen molar-refractivity contribution in [2.24, 2.45) is 22.4 Å². The van der Waals surface area contributed by atoms with E-state index in [2.05, 4.69) is 49.2 Å². The molecule has 0 spiro atoms. The van der Waals surface area contributed by atoms with Gasteiger partial charge in [-0.15, -0.1) is 4.91 Å². The Hall–Kier alpha value is -2.25. The van der Waals surface area contributed by atoms with Gasteiger partial charge < -0.3 is 9.26 Å². The van der Waals surface area contributed by atoms with Crippen molar-refractivity contribution in [1.29, 1.82) is 0 Å². The lowest BCUT2D eigenvalue weighted by Crippen LogP contribution is -2.46. The molecule has 7 nitrogen and oxygen atoms in total. The average Bonchev–Trinajstić information content (AvgIpc) is 3.12. The van der Waals surface area contributed by atoms with E-state index < -0.39 is 11.8 Å².